The first-order valence-corrected chi connectivity index (χ1v) is 11.0. The predicted octanol–water partition coefficient (Wildman–Crippen LogP) is 3.19. The lowest BCUT2D eigenvalue weighted by atomic mass is 10.1. The van der Waals surface area contributed by atoms with Crippen molar-refractivity contribution in [2.45, 2.75) is 37.8 Å². The van der Waals surface area contributed by atoms with Crippen molar-refractivity contribution in [1.29, 1.82) is 0 Å². The van der Waals surface area contributed by atoms with Crippen LogP contribution in [0, 0.1) is 0 Å². The van der Waals surface area contributed by atoms with E-state index >= 15 is 0 Å². The van der Waals surface area contributed by atoms with Gasteiger partial charge in [-0.2, -0.15) is 0 Å². The number of para-hydroxylation sites is 1. The fourth-order valence-corrected chi connectivity index (χ4v) is 3.79. The molecular formula is C22H26N4O3S. The zero-order valence-corrected chi connectivity index (χ0v) is 18.0. The minimum Gasteiger partial charge on any atom is -0.350 e. The summed E-state index contributed by atoms with van der Waals surface area (Å²) in [6.45, 7) is 5.36. The Kier molecular flexibility index (Phi) is 7.46. The van der Waals surface area contributed by atoms with Gasteiger partial charge in [0.05, 0.1) is 27.6 Å². The van der Waals surface area contributed by atoms with E-state index in [4.69, 9.17) is 0 Å². The smallest absolute Gasteiger partial charge is 0.255 e. The Morgan fingerprint density at radius 1 is 1.10 bits per heavy atom. The van der Waals surface area contributed by atoms with E-state index in [-0.39, 0.29) is 29.5 Å². The van der Waals surface area contributed by atoms with Crippen LogP contribution in [0.4, 0.5) is 5.69 Å². The zero-order valence-electron chi connectivity index (χ0n) is 17.2. The molecule has 0 aliphatic carbocycles. The van der Waals surface area contributed by atoms with Gasteiger partial charge in [0, 0.05) is 25.3 Å². The number of pyridine rings is 1. The van der Waals surface area contributed by atoms with Gasteiger partial charge in [-0.15, -0.1) is 0 Å². The van der Waals surface area contributed by atoms with Crippen molar-refractivity contribution in [2.75, 3.05) is 24.2 Å². The van der Waals surface area contributed by atoms with Crippen molar-refractivity contribution in [3.8, 4) is 0 Å². The van der Waals surface area contributed by atoms with E-state index in [1.54, 1.807) is 42.6 Å². The molecule has 1 saturated heterocycles. The van der Waals surface area contributed by atoms with Gasteiger partial charge in [0.25, 0.3) is 11.8 Å². The number of rotatable bonds is 7. The number of nitrogens with one attached hydrogen (secondary N) is 2. The van der Waals surface area contributed by atoms with Crippen LogP contribution in [0.5, 0.6) is 0 Å². The number of hydrogen-bond donors (Lipinski definition) is 2. The number of likely N-dealkylation sites (tertiary alicyclic amines) is 1. The lowest BCUT2D eigenvalue weighted by Gasteiger charge is -2.15. The van der Waals surface area contributed by atoms with Gasteiger partial charge < -0.3 is 15.5 Å². The quantitative estimate of drug-likeness (QED) is 0.664. The van der Waals surface area contributed by atoms with E-state index in [9.17, 15) is 14.4 Å². The summed E-state index contributed by atoms with van der Waals surface area (Å²) in [4.78, 5) is 43.2. The van der Waals surface area contributed by atoms with E-state index in [0.717, 1.165) is 25.9 Å². The number of carbonyl (C=O) groups is 3. The zero-order chi connectivity index (χ0) is 21.5. The molecule has 2 N–H and O–H groups in total. The molecule has 3 amide bonds. The molecule has 0 bridgehead atoms. The van der Waals surface area contributed by atoms with Crippen LogP contribution >= 0.6 is 11.8 Å². The monoisotopic (exact) mass is 426 g/mol. The summed E-state index contributed by atoms with van der Waals surface area (Å²) in [6, 6.07) is 10.4. The maximum absolute atomic E-state index is 12.4. The number of amides is 3. The molecule has 8 heteroatoms. The largest absolute Gasteiger partial charge is 0.350 e. The van der Waals surface area contributed by atoms with E-state index in [0.29, 0.717) is 21.8 Å². The first-order chi connectivity index (χ1) is 14.4. The highest BCUT2D eigenvalue weighted by Gasteiger charge is 2.19. The average Bonchev–Trinajstić information content (AvgIpc) is 3.27. The number of thioether (sulfide) groups is 1. The minimum atomic E-state index is -0.233. The van der Waals surface area contributed by atoms with Crippen molar-refractivity contribution in [3.63, 3.8) is 0 Å². The summed E-state index contributed by atoms with van der Waals surface area (Å²) in [5.41, 5.74) is 1.46. The van der Waals surface area contributed by atoms with Gasteiger partial charge in [0.2, 0.25) is 5.91 Å². The molecule has 2 heterocycles. The molecular weight excluding hydrogens is 400 g/mol. The molecule has 7 nitrogen and oxygen atoms in total. The molecule has 1 fully saturated rings. The summed E-state index contributed by atoms with van der Waals surface area (Å²) in [7, 11) is 0. The van der Waals surface area contributed by atoms with Gasteiger partial charge in [0.15, 0.2) is 0 Å². The van der Waals surface area contributed by atoms with Crippen LogP contribution in [0.15, 0.2) is 47.6 Å². The maximum Gasteiger partial charge on any atom is 0.255 e. The van der Waals surface area contributed by atoms with E-state index in [1.165, 1.54) is 11.8 Å². The fourth-order valence-electron chi connectivity index (χ4n) is 3.15. The minimum absolute atomic E-state index is 0.00297. The Morgan fingerprint density at radius 2 is 1.83 bits per heavy atom. The molecule has 1 aromatic carbocycles. The Hall–Kier alpha value is -2.87. The number of carbonyl (C=O) groups excluding carboxylic acids is 3. The summed E-state index contributed by atoms with van der Waals surface area (Å²) in [5.74, 6) is -0.310. The second-order valence-electron chi connectivity index (χ2n) is 7.40. The van der Waals surface area contributed by atoms with Crippen LogP contribution in [0.1, 0.15) is 47.4 Å². The standard InChI is InChI=1S/C22H26N4O3S/c1-15(2)24-21(28)17-7-3-4-8-18(17)25-19(27)14-30-20-10-9-16(13-23-20)22(29)26-11-5-6-12-26/h3-4,7-10,13,15H,5-6,11-12,14H2,1-2H3,(H,24,28)(H,25,27). The summed E-state index contributed by atoms with van der Waals surface area (Å²) in [5, 5.41) is 6.28. The van der Waals surface area contributed by atoms with Crippen LogP contribution in [0.25, 0.3) is 0 Å². The van der Waals surface area contributed by atoms with Gasteiger partial charge in [-0.05, 0) is 51.0 Å². The topological polar surface area (TPSA) is 91.4 Å². The number of anilines is 1. The molecule has 0 spiro atoms. The van der Waals surface area contributed by atoms with Crippen molar-refractivity contribution in [1.82, 2.24) is 15.2 Å². The third-order valence-electron chi connectivity index (χ3n) is 4.59. The van der Waals surface area contributed by atoms with Gasteiger partial charge in [-0.3, -0.25) is 14.4 Å². The Labute approximate surface area is 180 Å². The van der Waals surface area contributed by atoms with Gasteiger partial charge in [-0.25, -0.2) is 4.98 Å². The summed E-state index contributed by atoms with van der Waals surface area (Å²) in [6.07, 6.45) is 3.65. The van der Waals surface area contributed by atoms with E-state index in [1.807, 2.05) is 18.7 Å². The predicted molar refractivity (Wildman–Crippen MR) is 118 cm³/mol. The van der Waals surface area contributed by atoms with Crippen molar-refractivity contribution in [3.05, 3.63) is 53.7 Å². The first kappa shape index (κ1) is 21.8. The van der Waals surface area contributed by atoms with Crippen molar-refractivity contribution in [2.24, 2.45) is 0 Å². The number of hydrogen-bond acceptors (Lipinski definition) is 5. The molecule has 2 aromatic rings. The van der Waals surface area contributed by atoms with Crippen molar-refractivity contribution < 1.29 is 14.4 Å². The van der Waals surface area contributed by atoms with Crippen molar-refractivity contribution >= 4 is 35.2 Å². The lowest BCUT2D eigenvalue weighted by Crippen LogP contribution is -2.31. The van der Waals surface area contributed by atoms with Crippen LogP contribution in [0.2, 0.25) is 0 Å². The third-order valence-corrected chi connectivity index (χ3v) is 5.54. The normalized spacial score (nSPS) is 13.4. The van der Waals surface area contributed by atoms with Gasteiger partial charge in [0.1, 0.15) is 0 Å². The van der Waals surface area contributed by atoms with Crippen LogP contribution in [-0.4, -0.2) is 52.5 Å². The second-order valence-corrected chi connectivity index (χ2v) is 8.39. The van der Waals surface area contributed by atoms with Crippen LogP contribution < -0.4 is 10.6 Å². The Morgan fingerprint density at radius 3 is 2.50 bits per heavy atom. The second kappa shape index (κ2) is 10.2. The number of benzene rings is 1. The van der Waals surface area contributed by atoms with E-state index < -0.39 is 0 Å². The van der Waals surface area contributed by atoms with Crippen LogP contribution in [-0.2, 0) is 4.79 Å². The molecule has 1 aromatic heterocycles. The molecule has 0 atom stereocenters. The van der Waals surface area contributed by atoms with Gasteiger partial charge >= 0.3 is 0 Å². The molecule has 0 radical (unpaired) electrons. The Balaban J connectivity index is 1.55. The molecule has 158 valence electrons. The summed E-state index contributed by atoms with van der Waals surface area (Å²) < 4.78 is 0. The molecule has 0 unspecified atom stereocenters. The first-order valence-electron chi connectivity index (χ1n) is 10.0. The molecule has 1 aliphatic rings. The number of aromatic nitrogens is 1. The highest BCUT2D eigenvalue weighted by molar-refractivity contribution is 7.99. The third kappa shape index (κ3) is 5.82. The van der Waals surface area contributed by atoms with E-state index in [2.05, 4.69) is 15.6 Å². The highest BCUT2D eigenvalue weighted by atomic mass is 32.2. The molecule has 1 aliphatic heterocycles. The summed E-state index contributed by atoms with van der Waals surface area (Å²) >= 11 is 1.28. The average molecular weight is 427 g/mol. The molecule has 0 saturated carbocycles. The SMILES string of the molecule is CC(C)NC(=O)c1ccccc1NC(=O)CSc1ccc(C(=O)N2CCCC2)cn1. The fraction of sp³-hybridized carbons (Fsp3) is 0.364. The molecule has 3 rings (SSSR count). The lowest BCUT2D eigenvalue weighted by molar-refractivity contribution is -0.113. The van der Waals surface area contributed by atoms with Gasteiger partial charge in [-0.1, -0.05) is 23.9 Å². The maximum atomic E-state index is 12.4. The van der Waals surface area contributed by atoms with Crippen LogP contribution in [0.3, 0.4) is 0 Å². The Bertz CT molecular complexity index is 909. The number of nitrogens with zero attached hydrogens (tertiary/aromatic N) is 2. The highest BCUT2D eigenvalue weighted by Crippen LogP contribution is 2.19. The molecule has 30 heavy (non-hydrogen) atoms.